The average molecular weight is 378 g/mol. The van der Waals surface area contributed by atoms with E-state index in [0.29, 0.717) is 36.5 Å². The van der Waals surface area contributed by atoms with Gasteiger partial charge in [0.25, 0.3) is 0 Å². The summed E-state index contributed by atoms with van der Waals surface area (Å²) < 4.78 is 5.53. The third-order valence-electron chi connectivity index (χ3n) is 4.76. The highest BCUT2D eigenvalue weighted by molar-refractivity contribution is 5.91. The van der Waals surface area contributed by atoms with Crippen LogP contribution in [0.15, 0.2) is 47.1 Å². The molecule has 146 valence electrons. The molecular weight excluding hydrogens is 352 g/mol. The summed E-state index contributed by atoms with van der Waals surface area (Å²) in [7, 11) is 0. The van der Waals surface area contributed by atoms with Crippen molar-refractivity contribution in [3.8, 4) is 11.6 Å². The Morgan fingerprint density at radius 2 is 2.04 bits per heavy atom. The van der Waals surface area contributed by atoms with Gasteiger partial charge in [-0.2, -0.15) is 0 Å². The SMILES string of the molecule is CC(C)CN(CCC(=O)NC1CC1)c1nc(-c2ccco2)nc2ccccc12. The summed E-state index contributed by atoms with van der Waals surface area (Å²) in [6.07, 6.45) is 4.29. The quantitative estimate of drug-likeness (QED) is 0.641. The van der Waals surface area contributed by atoms with Crippen LogP contribution in [0.1, 0.15) is 33.1 Å². The number of anilines is 1. The van der Waals surface area contributed by atoms with E-state index in [-0.39, 0.29) is 5.91 Å². The fourth-order valence-corrected chi connectivity index (χ4v) is 3.31. The lowest BCUT2D eigenvalue weighted by Gasteiger charge is -2.27. The Morgan fingerprint density at radius 1 is 1.21 bits per heavy atom. The van der Waals surface area contributed by atoms with E-state index in [1.54, 1.807) is 6.26 Å². The van der Waals surface area contributed by atoms with Crippen LogP contribution >= 0.6 is 0 Å². The lowest BCUT2D eigenvalue weighted by molar-refractivity contribution is -0.121. The van der Waals surface area contributed by atoms with Crippen molar-refractivity contribution in [2.24, 2.45) is 5.92 Å². The molecule has 1 aromatic carbocycles. The second-order valence-corrected chi connectivity index (χ2v) is 7.80. The van der Waals surface area contributed by atoms with Gasteiger partial charge in [0.05, 0.1) is 11.8 Å². The maximum Gasteiger partial charge on any atom is 0.221 e. The number of amides is 1. The van der Waals surface area contributed by atoms with Crippen molar-refractivity contribution in [3.05, 3.63) is 42.7 Å². The van der Waals surface area contributed by atoms with Gasteiger partial charge in [-0.25, -0.2) is 9.97 Å². The molecule has 1 N–H and O–H groups in total. The number of rotatable bonds is 8. The molecule has 1 aliphatic carbocycles. The highest BCUT2D eigenvalue weighted by Crippen LogP contribution is 2.28. The van der Waals surface area contributed by atoms with Gasteiger partial charge in [0.1, 0.15) is 5.82 Å². The van der Waals surface area contributed by atoms with Gasteiger partial charge >= 0.3 is 0 Å². The number of carbonyl (C=O) groups is 1. The van der Waals surface area contributed by atoms with Crippen LogP contribution in [0.3, 0.4) is 0 Å². The first kappa shape index (κ1) is 18.5. The molecule has 0 aliphatic heterocycles. The molecule has 2 aromatic heterocycles. The van der Waals surface area contributed by atoms with E-state index in [4.69, 9.17) is 9.40 Å². The van der Waals surface area contributed by atoms with Crippen molar-refractivity contribution < 1.29 is 9.21 Å². The fourth-order valence-electron chi connectivity index (χ4n) is 3.31. The lowest BCUT2D eigenvalue weighted by atomic mass is 10.1. The molecule has 1 saturated carbocycles. The van der Waals surface area contributed by atoms with Crippen LogP contribution in [-0.2, 0) is 4.79 Å². The minimum absolute atomic E-state index is 0.112. The van der Waals surface area contributed by atoms with Gasteiger partial charge in [0.2, 0.25) is 5.91 Å². The van der Waals surface area contributed by atoms with E-state index in [2.05, 4.69) is 29.0 Å². The number of benzene rings is 1. The molecule has 0 unspecified atom stereocenters. The van der Waals surface area contributed by atoms with Crippen molar-refractivity contribution in [1.82, 2.24) is 15.3 Å². The molecule has 1 fully saturated rings. The molecule has 28 heavy (non-hydrogen) atoms. The molecule has 0 atom stereocenters. The summed E-state index contributed by atoms with van der Waals surface area (Å²) in [5, 5.41) is 4.06. The van der Waals surface area contributed by atoms with Gasteiger partial charge in [0.15, 0.2) is 11.6 Å². The van der Waals surface area contributed by atoms with Gasteiger partial charge < -0.3 is 14.6 Å². The number of furan rings is 1. The van der Waals surface area contributed by atoms with E-state index in [0.717, 1.165) is 36.1 Å². The zero-order chi connectivity index (χ0) is 19.5. The highest BCUT2D eigenvalue weighted by Gasteiger charge is 2.24. The maximum absolute atomic E-state index is 12.2. The molecule has 4 rings (SSSR count). The number of nitrogens with zero attached hydrogens (tertiary/aromatic N) is 3. The first-order chi connectivity index (χ1) is 13.6. The fraction of sp³-hybridized carbons (Fsp3) is 0.409. The third kappa shape index (κ3) is 4.32. The smallest absolute Gasteiger partial charge is 0.221 e. The molecule has 6 nitrogen and oxygen atoms in total. The Labute approximate surface area is 165 Å². The average Bonchev–Trinajstić information content (AvgIpc) is 3.32. The minimum Gasteiger partial charge on any atom is -0.461 e. The van der Waals surface area contributed by atoms with Crippen molar-refractivity contribution in [1.29, 1.82) is 0 Å². The van der Waals surface area contributed by atoms with Crippen LogP contribution in [0.5, 0.6) is 0 Å². The van der Waals surface area contributed by atoms with E-state index in [1.807, 2.05) is 36.4 Å². The molecule has 0 radical (unpaired) electrons. The molecule has 3 aromatic rings. The molecule has 0 saturated heterocycles. The van der Waals surface area contributed by atoms with Gasteiger partial charge in [-0.1, -0.05) is 26.0 Å². The van der Waals surface area contributed by atoms with Crippen molar-refractivity contribution in [2.45, 2.75) is 39.2 Å². The predicted molar refractivity (Wildman–Crippen MR) is 110 cm³/mol. The lowest BCUT2D eigenvalue weighted by Crippen LogP contribution is -2.34. The second kappa shape index (κ2) is 8.00. The Balaban J connectivity index is 1.67. The minimum atomic E-state index is 0.112. The largest absolute Gasteiger partial charge is 0.461 e. The zero-order valence-electron chi connectivity index (χ0n) is 16.4. The highest BCUT2D eigenvalue weighted by atomic mass is 16.3. The number of hydrogen-bond donors (Lipinski definition) is 1. The molecule has 6 heteroatoms. The Kier molecular flexibility index (Phi) is 5.28. The van der Waals surface area contributed by atoms with Crippen molar-refractivity contribution >= 4 is 22.6 Å². The van der Waals surface area contributed by atoms with Crippen LogP contribution in [0.4, 0.5) is 5.82 Å². The zero-order valence-corrected chi connectivity index (χ0v) is 16.4. The molecule has 1 amide bonds. The number of hydrogen-bond acceptors (Lipinski definition) is 5. The monoisotopic (exact) mass is 378 g/mol. The van der Waals surface area contributed by atoms with Gasteiger partial charge in [-0.15, -0.1) is 0 Å². The van der Waals surface area contributed by atoms with Gasteiger partial charge in [-0.3, -0.25) is 4.79 Å². The molecule has 2 heterocycles. The Bertz CT molecular complexity index is 948. The van der Waals surface area contributed by atoms with Gasteiger partial charge in [-0.05, 0) is 43.0 Å². The molecular formula is C22H26N4O2. The maximum atomic E-state index is 12.2. The Morgan fingerprint density at radius 3 is 2.75 bits per heavy atom. The summed E-state index contributed by atoms with van der Waals surface area (Å²) in [6, 6.07) is 12.1. The predicted octanol–water partition coefficient (Wildman–Crippen LogP) is 4.02. The molecule has 1 aliphatic rings. The van der Waals surface area contributed by atoms with Crippen molar-refractivity contribution in [2.75, 3.05) is 18.0 Å². The normalized spacial score (nSPS) is 13.8. The summed E-state index contributed by atoms with van der Waals surface area (Å²) in [5.41, 5.74) is 0.870. The number of aromatic nitrogens is 2. The van der Waals surface area contributed by atoms with Gasteiger partial charge in [0, 0.05) is 30.9 Å². The van der Waals surface area contributed by atoms with Crippen LogP contribution in [0, 0.1) is 5.92 Å². The summed E-state index contributed by atoms with van der Waals surface area (Å²) >= 11 is 0. The summed E-state index contributed by atoms with van der Waals surface area (Å²) in [5.74, 6) is 2.61. The topological polar surface area (TPSA) is 71.3 Å². The van der Waals surface area contributed by atoms with Crippen LogP contribution in [0.2, 0.25) is 0 Å². The number of para-hydroxylation sites is 1. The van der Waals surface area contributed by atoms with Crippen LogP contribution in [-0.4, -0.2) is 35.0 Å². The van der Waals surface area contributed by atoms with E-state index < -0.39 is 0 Å². The van der Waals surface area contributed by atoms with E-state index in [1.165, 1.54) is 0 Å². The first-order valence-corrected chi connectivity index (χ1v) is 9.95. The number of carbonyl (C=O) groups excluding carboxylic acids is 1. The van der Waals surface area contributed by atoms with E-state index >= 15 is 0 Å². The number of nitrogens with one attached hydrogen (secondary N) is 1. The number of fused-ring (bicyclic) bond motifs is 1. The van der Waals surface area contributed by atoms with Crippen molar-refractivity contribution in [3.63, 3.8) is 0 Å². The first-order valence-electron chi connectivity index (χ1n) is 9.95. The molecule has 0 spiro atoms. The van der Waals surface area contributed by atoms with Crippen LogP contribution in [0.25, 0.3) is 22.5 Å². The molecule has 0 bridgehead atoms. The Hall–Kier alpha value is -2.89. The second-order valence-electron chi connectivity index (χ2n) is 7.80. The standard InChI is InChI=1S/C22H26N4O2/c1-15(2)14-26(12-11-20(27)23-16-9-10-16)22-17-6-3-4-7-18(17)24-21(25-22)19-8-5-13-28-19/h3-8,13,15-16H,9-12,14H2,1-2H3,(H,23,27). The van der Waals surface area contributed by atoms with Crippen LogP contribution < -0.4 is 10.2 Å². The summed E-state index contributed by atoms with van der Waals surface area (Å²) in [6.45, 7) is 5.78. The van der Waals surface area contributed by atoms with E-state index in [9.17, 15) is 4.79 Å². The third-order valence-corrected chi connectivity index (χ3v) is 4.76. The summed E-state index contributed by atoms with van der Waals surface area (Å²) in [4.78, 5) is 24.0.